The molecule has 1 aromatic heterocycles. The summed E-state index contributed by atoms with van der Waals surface area (Å²) >= 11 is 5.94. The lowest BCUT2D eigenvalue weighted by atomic mass is 10.3. The third-order valence-corrected chi connectivity index (χ3v) is 6.03. The van der Waals surface area contributed by atoms with Crippen LogP contribution in [0, 0.1) is 0 Å². The fraction of sp³-hybridized carbons (Fsp3) is 0.312. The molecule has 1 fully saturated rings. The van der Waals surface area contributed by atoms with Gasteiger partial charge in [0, 0.05) is 38.1 Å². The minimum absolute atomic E-state index is 0.348. The molecule has 0 N–H and O–H groups in total. The second-order valence-electron chi connectivity index (χ2n) is 5.39. The van der Waals surface area contributed by atoms with Crippen molar-refractivity contribution in [2.45, 2.75) is 11.3 Å². The van der Waals surface area contributed by atoms with E-state index >= 15 is 0 Å². The minimum Gasteiger partial charge on any atom is -0.370 e. The molecule has 5 nitrogen and oxygen atoms in total. The SMILES string of the molecule is O=S(=O)(c1ccccc1)N1CCCN(c2ccnc(Cl)c2)CC1. The Bertz CT molecular complexity index is 768. The zero-order chi connectivity index (χ0) is 16.3. The van der Waals surface area contributed by atoms with Crippen LogP contribution in [0.2, 0.25) is 5.15 Å². The molecule has 1 saturated heterocycles. The molecule has 23 heavy (non-hydrogen) atoms. The Balaban J connectivity index is 1.76. The molecule has 122 valence electrons. The number of nitrogens with zero attached hydrogens (tertiary/aromatic N) is 3. The third-order valence-electron chi connectivity index (χ3n) is 3.91. The van der Waals surface area contributed by atoms with Crippen LogP contribution in [0.25, 0.3) is 0 Å². The second-order valence-corrected chi connectivity index (χ2v) is 7.72. The van der Waals surface area contributed by atoms with Crippen LogP contribution < -0.4 is 4.90 Å². The lowest BCUT2D eigenvalue weighted by Gasteiger charge is -2.23. The van der Waals surface area contributed by atoms with Crippen LogP contribution in [0.3, 0.4) is 0 Å². The molecule has 0 radical (unpaired) electrons. The predicted molar refractivity (Wildman–Crippen MR) is 91.3 cm³/mol. The van der Waals surface area contributed by atoms with Crippen molar-refractivity contribution in [2.24, 2.45) is 0 Å². The summed E-state index contributed by atoms with van der Waals surface area (Å²) in [6, 6.07) is 12.3. The highest BCUT2D eigenvalue weighted by molar-refractivity contribution is 7.89. The number of rotatable bonds is 3. The van der Waals surface area contributed by atoms with Gasteiger partial charge in [0.15, 0.2) is 0 Å². The second kappa shape index (κ2) is 6.86. The summed E-state index contributed by atoms with van der Waals surface area (Å²) in [6.45, 7) is 2.40. The van der Waals surface area contributed by atoms with Gasteiger partial charge in [-0.3, -0.25) is 0 Å². The molecular formula is C16H18ClN3O2S. The van der Waals surface area contributed by atoms with Crippen LogP contribution in [-0.4, -0.2) is 43.9 Å². The van der Waals surface area contributed by atoms with Crippen molar-refractivity contribution in [3.63, 3.8) is 0 Å². The first kappa shape index (κ1) is 16.2. The van der Waals surface area contributed by atoms with Crippen LogP contribution in [0.15, 0.2) is 53.6 Å². The van der Waals surface area contributed by atoms with Crippen molar-refractivity contribution >= 4 is 27.3 Å². The van der Waals surface area contributed by atoms with Gasteiger partial charge in [0.2, 0.25) is 10.0 Å². The van der Waals surface area contributed by atoms with Crippen LogP contribution in [-0.2, 0) is 10.0 Å². The number of hydrogen-bond donors (Lipinski definition) is 0. The van der Waals surface area contributed by atoms with Crippen molar-refractivity contribution in [3.05, 3.63) is 53.8 Å². The molecule has 1 aliphatic rings. The van der Waals surface area contributed by atoms with E-state index in [2.05, 4.69) is 9.88 Å². The van der Waals surface area contributed by atoms with Gasteiger partial charge in [-0.1, -0.05) is 29.8 Å². The Labute approximate surface area is 141 Å². The highest BCUT2D eigenvalue weighted by Gasteiger charge is 2.26. The molecule has 3 rings (SSSR count). The van der Waals surface area contributed by atoms with E-state index in [1.54, 1.807) is 34.8 Å². The van der Waals surface area contributed by atoms with Gasteiger partial charge in [0.1, 0.15) is 5.15 Å². The van der Waals surface area contributed by atoms with Gasteiger partial charge in [0.05, 0.1) is 4.90 Å². The molecule has 2 heterocycles. The Morgan fingerprint density at radius 3 is 2.52 bits per heavy atom. The lowest BCUT2D eigenvalue weighted by Crippen LogP contribution is -2.35. The summed E-state index contributed by atoms with van der Waals surface area (Å²) in [5, 5.41) is 0.445. The molecule has 0 saturated carbocycles. The van der Waals surface area contributed by atoms with E-state index in [1.165, 1.54) is 0 Å². The number of pyridine rings is 1. The maximum atomic E-state index is 12.7. The summed E-state index contributed by atoms with van der Waals surface area (Å²) in [6.07, 6.45) is 2.44. The van der Waals surface area contributed by atoms with Gasteiger partial charge in [-0.25, -0.2) is 13.4 Å². The van der Waals surface area contributed by atoms with Crippen molar-refractivity contribution < 1.29 is 8.42 Å². The molecule has 0 bridgehead atoms. The van der Waals surface area contributed by atoms with Crippen molar-refractivity contribution in [3.8, 4) is 0 Å². The van der Waals surface area contributed by atoms with E-state index in [0.29, 0.717) is 29.7 Å². The van der Waals surface area contributed by atoms with Crippen LogP contribution in [0.4, 0.5) is 5.69 Å². The molecule has 1 aliphatic heterocycles. The molecule has 2 aromatic rings. The van der Waals surface area contributed by atoms with Gasteiger partial charge < -0.3 is 4.90 Å². The molecule has 0 spiro atoms. The average molecular weight is 352 g/mol. The smallest absolute Gasteiger partial charge is 0.243 e. The number of anilines is 1. The number of aromatic nitrogens is 1. The fourth-order valence-electron chi connectivity index (χ4n) is 2.72. The summed E-state index contributed by atoms with van der Waals surface area (Å²) < 4.78 is 27.0. The Morgan fingerprint density at radius 1 is 1.00 bits per heavy atom. The van der Waals surface area contributed by atoms with E-state index in [-0.39, 0.29) is 0 Å². The fourth-order valence-corrected chi connectivity index (χ4v) is 4.38. The largest absolute Gasteiger partial charge is 0.370 e. The van der Waals surface area contributed by atoms with Crippen LogP contribution in [0.5, 0.6) is 0 Å². The first-order valence-corrected chi connectivity index (χ1v) is 9.31. The predicted octanol–water partition coefficient (Wildman–Crippen LogP) is 2.64. The van der Waals surface area contributed by atoms with Gasteiger partial charge in [0.25, 0.3) is 0 Å². The molecule has 1 aromatic carbocycles. The van der Waals surface area contributed by atoms with Crippen LogP contribution in [0.1, 0.15) is 6.42 Å². The Kier molecular flexibility index (Phi) is 4.84. The maximum Gasteiger partial charge on any atom is 0.243 e. The summed E-state index contributed by atoms with van der Waals surface area (Å²) in [4.78, 5) is 6.48. The van der Waals surface area contributed by atoms with Crippen molar-refractivity contribution in [1.82, 2.24) is 9.29 Å². The highest BCUT2D eigenvalue weighted by Crippen LogP contribution is 2.22. The molecular weight excluding hydrogens is 334 g/mol. The molecule has 0 aliphatic carbocycles. The Morgan fingerprint density at radius 2 is 1.78 bits per heavy atom. The molecule has 0 unspecified atom stereocenters. The summed E-state index contributed by atoms with van der Waals surface area (Å²) in [7, 11) is -3.43. The number of halogens is 1. The normalized spacial score (nSPS) is 17.0. The number of sulfonamides is 1. The molecule has 0 atom stereocenters. The zero-order valence-electron chi connectivity index (χ0n) is 12.6. The topological polar surface area (TPSA) is 53.5 Å². The summed E-state index contributed by atoms with van der Waals surface area (Å²) in [5.41, 5.74) is 0.976. The van der Waals surface area contributed by atoms with E-state index in [0.717, 1.165) is 18.7 Å². The first-order valence-electron chi connectivity index (χ1n) is 7.49. The zero-order valence-corrected chi connectivity index (χ0v) is 14.2. The van der Waals surface area contributed by atoms with Crippen LogP contribution >= 0.6 is 11.6 Å². The Hall–Kier alpha value is -1.63. The lowest BCUT2D eigenvalue weighted by molar-refractivity contribution is 0.433. The van der Waals surface area contributed by atoms with E-state index in [1.807, 2.05) is 18.2 Å². The number of hydrogen-bond acceptors (Lipinski definition) is 4. The van der Waals surface area contributed by atoms with Gasteiger partial charge in [-0.15, -0.1) is 0 Å². The maximum absolute atomic E-state index is 12.7. The van der Waals surface area contributed by atoms with E-state index in [4.69, 9.17) is 11.6 Å². The molecule has 7 heteroatoms. The van der Waals surface area contributed by atoms with Gasteiger partial charge >= 0.3 is 0 Å². The number of benzene rings is 1. The van der Waals surface area contributed by atoms with Gasteiger partial charge in [-0.05, 0) is 30.7 Å². The average Bonchev–Trinajstić information content (AvgIpc) is 2.82. The van der Waals surface area contributed by atoms with Crippen molar-refractivity contribution in [2.75, 3.05) is 31.1 Å². The highest BCUT2D eigenvalue weighted by atomic mass is 35.5. The van der Waals surface area contributed by atoms with Crippen molar-refractivity contribution in [1.29, 1.82) is 0 Å². The standard InChI is InChI=1S/C16H18ClN3O2S/c17-16-13-14(7-8-18-16)19-9-4-10-20(12-11-19)23(21,22)15-5-2-1-3-6-15/h1-3,5-8,13H,4,9-12H2. The van der Waals surface area contributed by atoms with E-state index in [9.17, 15) is 8.42 Å². The first-order chi connectivity index (χ1) is 11.1. The quantitative estimate of drug-likeness (QED) is 0.798. The third kappa shape index (κ3) is 3.65. The van der Waals surface area contributed by atoms with E-state index < -0.39 is 10.0 Å². The molecule has 0 amide bonds. The minimum atomic E-state index is -3.43. The van der Waals surface area contributed by atoms with Gasteiger partial charge in [-0.2, -0.15) is 4.31 Å². The summed E-state index contributed by atoms with van der Waals surface area (Å²) in [5.74, 6) is 0. The monoisotopic (exact) mass is 351 g/mol.